The first-order valence-electron chi connectivity index (χ1n) is 8.75. The molecule has 0 aliphatic carbocycles. The van der Waals surface area contributed by atoms with Gasteiger partial charge in [-0.2, -0.15) is 0 Å². The molecular formula is C19H31NO. The van der Waals surface area contributed by atoms with E-state index in [-0.39, 0.29) is 0 Å². The van der Waals surface area contributed by atoms with Crippen molar-refractivity contribution in [2.45, 2.75) is 58.3 Å². The van der Waals surface area contributed by atoms with Gasteiger partial charge in [-0.25, -0.2) is 0 Å². The van der Waals surface area contributed by atoms with Crippen LogP contribution in [0.1, 0.15) is 63.9 Å². The molecule has 0 saturated carbocycles. The molecule has 2 heteroatoms. The van der Waals surface area contributed by atoms with Crippen LogP contribution < -0.4 is 4.74 Å². The Labute approximate surface area is 130 Å². The Hall–Kier alpha value is -1.02. The molecule has 0 unspecified atom stereocenters. The molecule has 2 nitrogen and oxygen atoms in total. The lowest BCUT2D eigenvalue weighted by molar-refractivity contribution is 0.238. The van der Waals surface area contributed by atoms with Crippen LogP contribution in [-0.4, -0.2) is 31.1 Å². The first kappa shape index (κ1) is 16.4. The molecule has 2 rings (SSSR count). The highest BCUT2D eigenvalue weighted by Gasteiger charge is 2.10. The zero-order valence-corrected chi connectivity index (χ0v) is 13.8. The van der Waals surface area contributed by atoms with E-state index in [1.807, 2.05) is 0 Å². The van der Waals surface area contributed by atoms with E-state index >= 15 is 0 Å². The summed E-state index contributed by atoms with van der Waals surface area (Å²) in [6, 6.07) is 8.52. The van der Waals surface area contributed by atoms with Crippen molar-refractivity contribution in [3.8, 4) is 5.75 Å². The van der Waals surface area contributed by atoms with Crippen LogP contribution >= 0.6 is 0 Å². The third-order valence-corrected chi connectivity index (χ3v) is 4.64. The van der Waals surface area contributed by atoms with Crippen molar-refractivity contribution in [2.24, 2.45) is 0 Å². The summed E-state index contributed by atoms with van der Waals surface area (Å²) in [5, 5.41) is 0. The molecule has 1 aromatic rings. The minimum Gasteiger partial charge on any atom is -0.493 e. The molecule has 0 spiro atoms. The highest BCUT2D eigenvalue weighted by atomic mass is 16.5. The van der Waals surface area contributed by atoms with Crippen LogP contribution in [0.15, 0.2) is 24.3 Å². The van der Waals surface area contributed by atoms with E-state index in [0.717, 1.165) is 25.2 Å². The average molecular weight is 289 g/mol. The van der Waals surface area contributed by atoms with Gasteiger partial charge in [0.15, 0.2) is 0 Å². The summed E-state index contributed by atoms with van der Waals surface area (Å²) >= 11 is 0. The quantitative estimate of drug-likeness (QED) is 0.666. The van der Waals surface area contributed by atoms with Gasteiger partial charge >= 0.3 is 0 Å². The number of hydrogen-bond donors (Lipinski definition) is 0. The molecule has 0 bridgehead atoms. The van der Waals surface area contributed by atoms with E-state index in [4.69, 9.17) is 4.74 Å². The molecule has 1 aliphatic rings. The molecule has 1 fully saturated rings. The summed E-state index contributed by atoms with van der Waals surface area (Å²) < 4.78 is 6.06. The lowest BCUT2D eigenvalue weighted by atomic mass is 9.98. The number of nitrogens with zero attached hydrogens (tertiary/aromatic N) is 1. The molecule has 0 N–H and O–H groups in total. The second-order valence-corrected chi connectivity index (χ2v) is 6.30. The molecule has 1 aliphatic heterocycles. The predicted octanol–water partition coefficient (Wildman–Crippen LogP) is 4.85. The summed E-state index contributed by atoms with van der Waals surface area (Å²) in [4.78, 5) is 2.61. The topological polar surface area (TPSA) is 12.5 Å². The van der Waals surface area contributed by atoms with Crippen molar-refractivity contribution in [3.05, 3.63) is 29.8 Å². The number of likely N-dealkylation sites (tertiary alicyclic amines) is 1. The number of rotatable bonds is 7. The van der Waals surface area contributed by atoms with Crippen molar-refractivity contribution in [1.82, 2.24) is 4.90 Å². The van der Waals surface area contributed by atoms with Gasteiger partial charge in [-0.15, -0.1) is 0 Å². The maximum atomic E-state index is 6.06. The Morgan fingerprint density at radius 1 is 1.10 bits per heavy atom. The first-order chi connectivity index (χ1) is 10.3. The third kappa shape index (κ3) is 5.35. The van der Waals surface area contributed by atoms with Crippen LogP contribution in [0.25, 0.3) is 0 Å². The predicted molar refractivity (Wildman–Crippen MR) is 90.2 cm³/mol. The molecule has 0 amide bonds. The molecule has 0 radical (unpaired) electrons. The van der Waals surface area contributed by atoms with Crippen LogP contribution in [0.2, 0.25) is 0 Å². The molecule has 1 atom stereocenters. The Morgan fingerprint density at radius 3 is 2.52 bits per heavy atom. The van der Waals surface area contributed by atoms with Crippen LogP contribution in [-0.2, 0) is 0 Å². The molecule has 21 heavy (non-hydrogen) atoms. The van der Waals surface area contributed by atoms with E-state index in [9.17, 15) is 0 Å². The summed E-state index contributed by atoms with van der Waals surface area (Å²) in [6.07, 6.45) is 7.86. The Morgan fingerprint density at radius 2 is 1.81 bits per heavy atom. The zero-order valence-electron chi connectivity index (χ0n) is 13.8. The fraction of sp³-hybridized carbons (Fsp3) is 0.684. The lowest BCUT2D eigenvalue weighted by Gasteiger charge is -2.20. The molecule has 0 aromatic heterocycles. The Bertz CT molecular complexity index is 396. The van der Waals surface area contributed by atoms with Gasteiger partial charge in [0.05, 0.1) is 6.61 Å². The Kier molecular flexibility index (Phi) is 7.08. The molecular weight excluding hydrogens is 258 g/mol. The smallest absolute Gasteiger partial charge is 0.122 e. The summed E-state index contributed by atoms with van der Waals surface area (Å²) in [5.74, 6) is 1.66. The fourth-order valence-electron chi connectivity index (χ4n) is 3.07. The van der Waals surface area contributed by atoms with Gasteiger partial charge in [0, 0.05) is 6.54 Å². The van der Waals surface area contributed by atoms with Crippen LogP contribution in [0.4, 0.5) is 0 Å². The van der Waals surface area contributed by atoms with Gasteiger partial charge in [0.1, 0.15) is 5.75 Å². The minimum absolute atomic E-state index is 0.576. The van der Waals surface area contributed by atoms with Crippen molar-refractivity contribution >= 4 is 0 Å². The standard InChI is InChI=1S/C19H31NO/c1-3-17(2)18-11-6-7-12-19(18)21-16-10-15-20-13-8-4-5-9-14-20/h6-7,11-12,17H,3-5,8-10,13-16H2,1-2H3/t17-/m0/s1. The van der Waals surface area contributed by atoms with E-state index in [1.54, 1.807) is 0 Å². The minimum atomic E-state index is 0.576. The SMILES string of the molecule is CC[C@H](C)c1ccccc1OCCCN1CCCCCC1. The molecule has 1 saturated heterocycles. The Balaban J connectivity index is 1.75. The highest BCUT2D eigenvalue weighted by Crippen LogP contribution is 2.28. The van der Waals surface area contributed by atoms with Gasteiger partial charge in [0.25, 0.3) is 0 Å². The second kappa shape index (κ2) is 9.09. The second-order valence-electron chi connectivity index (χ2n) is 6.30. The normalized spacial score (nSPS) is 18.2. The molecule has 118 valence electrons. The van der Waals surface area contributed by atoms with Crippen molar-refractivity contribution in [3.63, 3.8) is 0 Å². The van der Waals surface area contributed by atoms with E-state index in [2.05, 4.69) is 43.0 Å². The van der Waals surface area contributed by atoms with Crippen molar-refractivity contribution in [1.29, 1.82) is 0 Å². The van der Waals surface area contributed by atoms with Gasteiger partial charge in [0.2, 0.25) is 0 Å². The maximum Gasteiger partial charge on any atom is 0.122 e. The summed E-state index contributed by atoms with van der Waals surface area (Å²) in [5.41, 5.74) is 1.36. The van der Waals surface area contributed by atoms with Gasteiger partial charge in [-0.05, 0) is 56.3 Å². The number of ether oxygens (including phenoxy) is 1. The monoisotopic (exact) mass is 289 g/mol. The van der Waals surface area contributed by atoms with Crippen molar-refractivity contribution in [2.75, 3.05) is 26.2 Å². The van der Waals surface area contributed by atoms with Crippen LogP contribution in [0, 0.1) is 0 Å². The fourth-order valence-corrected chi connectivity index (χ4v) is 3.07. The van der Waals surface area contributed by atoms with E-state index < -0.39 is 0 Å². The number of benzene rings is 1. The first-order valence-corrected chi connectivity index (χ1v) is 8.75. The third-order valence-electron chi connectivity index (χ3n) is 4.64. The molecule has 1 heterocycles. The maximum absolute atomic E-state index is 6.06. The highest BCUT2D eigenvalue weighted by molar-refractivity contribution is 5.35. The van der Waals surface area contributed by atoms with E-state index in [0.29, 0.717) is 5.92 Å². The van der Waals surface area contributed by atoms with Gasteiger partial charge in [-0.3, -0.25) is 0 Å². The summed E-state index contributed by atoms with van der Waals surface area (Å²) in [6.45, 7) is 9.10. The van der Waals surface area contributed by atoms with Gasteiger partial charge < -0.3 is 9.64 Å². The lowest BCUT2D eigenvalue weighted by Crippen LogP contribution is -2.26. The largest absolute Gasteiger partial charge is 0.493 e. The van der Waals surface area contributed by atoms with E-state index in [1.165, 1.54) is 50.9 Å². The van der Waals surface area contributed by atoms with Crippen LogP contribution in [0.3, 0.4) is 0 Å². The van der Waals surface area contributed by atoms with Crippen LogP contribution in [0.5, 0.6) is 5.75 Å². The number of hydrogen-bond acceptors (Lipinski definition) is 2. The zero-order chi connectivity index (χ0) is 14.9. The molecule has 1 aromatic carbocycles. The summed E-state index contributed by atoms with van der Waals surface area (Å²) in [7, 11) is 0. The average Bonchev–Trinajstić information content (AvgIpc) is 2.80. The van der Waals surface area contributed by atoms with Crippen molar-refractivity contribution < 1.29 is 4.74 Å². The number of para-hydroxylation sites is 1. The van der Waals surface area contributed by atoms with Gasteiger partial charge in [-0.1, -0.05) is 44.9 Å².